The minimum absolute atomic E-state index is 0.106. The largest absolute Gasteiger partial charge is 0.492 e. The Labute approximate surface area is 170 Å². The van der Waals surface area contributed by atoms with E-state index < -0.39 is 5.60 Å². The Hall–Kier alpha value is -1.59. The van der Waals surface area contributed by atoms with E-state index >= 15 is 0 Å². The lowest BCUT2D eigenvalue weighted by atomic mass is 9.92. The number of anilines is 1. The van der Waals surface area contributed by atoms with Crippen LogP contribution in [0.5, 0.6) is 5.75 Å². The van der Waals surface area contributed by atoms with E-state index in [1.165, 1.54) is 6.42 Å². The van der Waals surface area contributed by atoms with Gasteiger partial charge in [-0.2, -0.15) is 0 Å². The molecule has 1 aliphatic rings. The van der Waals surface area contributed by atoms with E-state index in [1.54, 1.807) is 0 Å². The molecule has 5 nitrogen and oxygen atoms in total. The Morgan fingerprint density at radius 3 is 2.36 bits per heavy atom. The summed E-state index contributed by atoms with van der Waals surface area (Å²) < 4.78 is 11.7. The van der Waals surface area contributed by atoms with Crippen LogP contribution in [-0.2, 0) is 9.53 Å². The van der Waals surface area contributed by atoms with Crippen molar-refractivity contribution in [3.63, 3.8) is 0 Å². The van der Waals surface area contributed by atoms with Crippen LogP contribution in [0.25, 0.3) is 0 Å². The second-order valence-corrected chi connectivity index (χ2v) is 8.47. The molecule has 0 radical (unpaired) electrons. The van der Waals surface area contributed by atoms with E-state index in [9.17, 15) is 4.79 Å². The van der Waals surface area contributed by atoms with Gasteiger partial charge in [-0.25, -0.2) is 0 Å². The van der Waals surface area contributed by atoms with Crippen molar-refractivity contribution in [1.29, 1.82) is 0 Å². The van der Waals surface area contributed by atoms with E-state index in [0.717, 1.165) is 49.3 Å². The molecule has 2 rings (SSSR count). The summed E-state index contributed by atoms with van der Waals surface area (Å²) in [6.07, 6.45) is 2.85. The average molecular weight is 391 g/mol. The maximum atomic E-state index is 12.6. The maximum absolute atomic E-state index is 12.6. The van der Waals surface area contributed by atoms with Gasteiger partial charge in [0.2, 0.25) is 0 Å². The van der Waals surface area contributed by atoms with Crippen molar-refractivity contribution in [1.82, 2.24) is 4.90 Å². The minimum Gasteiger partial charge on any atom is -0.492 e. The Kier molecular flexibility index (Phi) is 8.77. The molecular weight excluding hydrogens is 352 g/mol. The van der Waals surface area contributed by atoms with E-state index in [2.05, 4.69) is 24.1 Å². The van der Waals surface area contributed by atoms with Crippen molar-refractivity contribution >= 4 is 11.6 Å². The van der Waals surface area contributed by atoms with Crippen molar-refractivity contribution < 1.29 is 14.3 Å². The van der Waals surface area contributed by atoms with Crippen molar-refractivity contribution in [2.45, 2.75) is 59.5 Å². The molecule has 1 amide bonds. The molecule has 1 aromatic carbocycles. The van der Waals surface area contributed by atoms with Gasteiger partial charge in [0, 0.05) is 31.9 Å². The zero-order valence-electron chi connectivity index (χ0n) is 18.3. The molecule has 1 saturated heterocycles. The minimum atomic E-state index is -0.798. The quantitative estimate of drug-likeness (QED) is 0.635. The predicted molar refractivity (Wildman–Crippen MR) is 115 cm³/mol. The van der Waals surface area contributed by atoms with Crippen molar-refractivity contribution in [2.24, 2.45) is 11.8 Å². The van der Waals surface area contributed by atoms with Gasteiger partial charge >= 0.3 is 0 Å². The van der Waals surface area contributed by atoms with Gasteiger partial charge in [-0.05, 0) is 62.3 Å². The number of benzene rings is 1. The normalized spacial score (nSPS) is 22.5. The highest BCUT2D eigenvalue weighted by Gasteiger charge is 2.32. The van der Waals surface area contributed by atoms with Crippen LogP contribution >= 0.6 is 0 Å². The molecule has 1 fully saturated rings. The Morgan fingerprint density at radius 1 is 1.14 bits per heavy atom. The second-order valence-electron chi connectivity index (χ2n) is 8.47. The van der Waals surface area contributed by atoms with Gasteiger partial charge < -0.3 is 14.8 Å². The molecule has 1 aromatic rings. The lowest BCUT2D eigenvalue weighted by Gasteiger charge is -2.34. The number of piperidine rings is 1. The summed E-state index contributed by atoms with van der Waals surface area (Å²) in [4.78, 5) is 15.1. The van der Waals surface area contributed by atoms with Gasteiger partial charge in [-0.3, -0.25) is 9.69 Å². The smallest absolute Gasteiger partial charge is 0.256 e. The number of nitrogens with zero attached hydrogens (tertiary/aromatic N) is 1. The monoisotopic (exact) mass is 390 g/mol. The molecule has 1 aliphatic heterocycles. The van der Waals surface area contributed by atoms with Gasteiger partial charge in [-0.15, -0.1) is 0 Å². The van der Waals surface area contributed by atoms with Crippen LogP contribution in [0.15, 0.2) is 24.3 Å². The summed E-state index contributed by atoms with van der Waals surface area (Å²) >= 11 is 0. The number of rotatable bonds is 10. The second kappa shape index (κ2) is 10.8. The molecule has 158 valence electrons. The molecule has 0 unspecified atom stereocenters. The lowest BCUT2D eigenvalue weighted by molar-refractivity contribution is -0.139. The van der Waals surface area contributed by atoms with Crippen LogP contribution in [0.3, 0.4) is 0 Å². The third kappa shape index (κ3) is 6.78. The first-order chi connectivity index (χ1) is 13.4. The Balaban J connectivity index is 1.80. The Morgan fingerprint density at radius 2 is 1.79 bits per heavy atom. The standard InChI is InChI=1S/C23H38N2O3/c1-6-13-28-23(5,7-2)22(26)24-20-8-10-21(11-9-20)27-14-12-25-16-18(3)15-19(4)17-25/h8-11,18-19H,6-7,12-17H2,1-5H3,(H,24,26)/t18-,19+,23-/m0/s1. The molecule has 0 aliphatic carbocycles. The van der Waals surface area contributed by atoms with Crippen LogP contribution in [0.2, 0.25) is 0 Å². The number of nitrogens with one attached hydrogen (secondary N) is 1. The zero-order valence-corrected chi connectivity index (χ0v) is 18.3. The van der Waals surface area contributed by atoms with Gasteiger partial charge in [0.05, 0.1) is 0 Å². The van der Waals surface area contributed by atoms with Gasteiger partial charge in [0.1, 0.15) is 18.0 Å². The number of carbonyl (C=O) groups excluding carboxylic acids is 1. The van der Waals surface area contributed by atoms with Crippen molar-refractivity contribution in [2.75, 3.05) is 38.2 Å². The summed E-state index contributed by atoms with van der Waals surface area (Å²) in [6, 6.07) is 7.59. The number of likely N-dealkylation sites (tertiary alicyclic amines) is 1. The molecular formula is C23H38N2O3. The van der Waals surface area contributed by atoms with Crippen LogP contribution in [-0.4, -0.2) is 49.3 Å². The fraction of sp³-hybridized carbons (Fsp3) is 0.696. The predicted octanol–water partition coefficient (Wildman–Crippen LogP) is 4.58. The summed E-state index contributed by atoms with van der Waals surface area (Å²) in [7, 11) is 0. The first-order valence-corrected chi connectivity index (χ1v) is 10.8. The summed E-state index contributed by atoms with van der Waals surface area (Å²) in [5.74, 6) is 2.26. The van der Waals surface area contributed by atoms with Crippen LogP contribution in [0.4, 0.5) is 5.69 Å². The van der Waals surface area contributed by atoms with E-state index in [4.69, 9.17) is 9.47 Å². The molecule has 0 bridgehead atoms. The van der Waals surface area contributed by atoms with E-state index in [1.807, 2.05) is 45.0 Å². The summed E-state index contributed by atoms with van der Waals surface area (Å²) in [5.41, 5.74) is -0.0377. The topological polar surface area (TPSA) is 50.8 Å². The van der Waals surface area contributed by atoms with Gasteiger partial charge in [0.25, 0.3) is 5.91 Å². The molecule has 0 aromatic heterocycles. The van der Waals surface area contributed by atoms with E-state index in [-0.39, 0.29) is 5.91 Å². The third-order valence-corrected chi connectivity index (χ3v) is 5.51. The molecule has 3 atom stereocenters. The molecule has 28 heavy (non-hydrogen) atoms. The highest BCUT2D eigenvalue weighted by Crippen LogP contribution is 2.22. The first-order valence-electron chi connectivity index (χ1n) is 10.8. The average Bonchev–Trinajstić information content (AvgIpc) is 2.66. The molecule has 0 saturated carbocycles. The fourth-order valence-electron chi connectivity index (χ4n) is 3.82. The summed E-state index contributed by atoms with van der Waals surface area (Å²) in [6.45, 7) is 15.1. The summed E-state index contributed by atoms with van der Waals surface area (Å²) in [5, 5.41) is 2.96. The highest BCUT2D eigenvalue weighted by atomic mass is 16.5. The van der Waals surface area contributed by atoms with Crippen molar-refractivity contribution in [3.05, 3.63) is 24.3 Å². The lowest BCUT2D eigenvalue weighted by Crippen LogP contribution is -2.42. The molecule has 5 heteroatoms. The van der Waals surface area contributed by atoms with E-state index in [0.29, 0.717) is 19.6 Å². The van der Waals surface area contributed by atoms with Crippen LogP contribution in [0.1, 0.15) is 53.9 Å². The van der Waals surface area contributed by atoms with Crippen LogP contribution in [0, 0.1) is 11.8 Å². The molecule has 1 N–H and O–H groups in total. The number of carbonyl (C=O) groups is 1. The zero-order chi connectivity index (χ0) is 20.6. The number of hydrogen-bond donors (Lipinski definition) is 1. The van der Waals surface area contributed by atoms with Crippen LogP contribution < -0.4 is 10.1 Å². The van der Waals surface area contributed by atoms with Gasteiger partial charge in [0.15, 0.2) is 0 Å². The highest BCUT2D eigenvalue weighted by molar-refractivity contribution is 5.97. The van der Waals surface area contributed by atoms with Crippen molar-refractivity contribution in [3.8, 4) is 5.75 Å². The SMILES string of the molecule is CCCO[C@@](C)(CC)C(=O)Nc1ccc(OCCN2C[C@H](C)C[C@H](C)C2)cc1. The molecule has 1 heterocycles. The number of amides is 1. The maximum Gasteiger partial charge on any atom is 0.256 e. The fourth-order valence-corrected chi connectivity index (χ4v) is 3.82. The third-order valence-electron chi connectivity index (χ3n) is 5.51. The first kappa shape index (κ1) is 22.7. The Bertz CT molecular complexity index is 594. The molecule has 0 spiro atoms. The number of hydrogen-bond acceptors (Lipinski definition) is 4. The number of ether oxygens (including phenoxy) is 2. The van der Waals surface area contributed by atoms with Gasteiger partial charge in [-0.1, -0.05) is 27.7 Å².